The first kappa shape index (κ1) is 14.9. The Bertz CT molecular complexity index is 682. The molecule has 0 aliphatic carbocycles. The lowest BCUT2D eigenvalue weighted by Crippen LogP contribution is -2.38. The van der Waals surface area contributed by atoms with Crippen molar-refractivity contribution in [3.8, 4) is 0 Å². The van der Waals surface area contributed by atoms with Crippen LogP contribution in [-0.2, 0) is 0 Å². The fourth-order valence-corrected chi connectivity index (χ4v) is 4.59. The van der Waals surface area contributed by atoms with Gasteiger partial charge in [0.1, 0.15) is 4.88 Å². The van der Waals surface area contributed by atoms with Gasteiger partial charge in [0.2, 0.25) is 0 Å². The maximum atomic E-state index is 12.9. The van der Waals surface area contributed by atoms with Crippen LogP contribution >= 0.6 is 27.3 Å². The minimum absolute atomic E-state index is 0.0965. The van der Waals surface area contributed by atoms with E-state index in [0.717, 1.165) is 33.9 Å². The molecule has 3 rings (SSSR count). The van der Waals surface area contributed by atoms with Crippen molar-refractivity contribution in [1.82, 2.24) is 4.90 Å². The summed E-state index contributed by atoms with van der Waals surface area (Å²) in [7, 11) is 0. The molecule has 112 valence electrons. The first-order valence-corrected chi connectivity index (χ1v) is 8.97. The van der Waals surface area contributed by atoms with Gasteiger partial charge in [0.05, 0.1) is 5.69 Å². The van der Waals surface area contributed by atoms with Gasteiger partial charge in [0.15, 0.2) is 0 Å². The average Bonchev–Trinajstić information content (AvgIpc) is 2.63. The number of carbonyl (C=O) groups excluding carboxylic acids is 1. The van der Waals surface area contributed by atoms with Crippen LogP contribution in [-0.4, -0.2) is 23.4 Å². The van der Waals surface area contributed by atoms with Crippen LogP contribution in [0, 0.1) is 0 Å². The van der Waals surface area contributed by atoms with Crippen molar-refractivity contribution in [2.75, 3.05) is 12.3 Å². The van der Waals surface area contributed by atoms with Crippen LogP contribution in [0.1, 0.15) is 42.3 Å². The molecular formula is C16H19BrN2OS. The van der Waals surface area contributed by atoms with Crippen LogP contribution in [0.2, 0.25) is 0 Å². The summed E-state index contributed by atoms with van der Waals surface area (Å²) in [6, 6.07) is 6.28. The molecule has 1 aromatic carbocycles. The Morgan fingerprint density at radius 1 is 1.38 bits per heavy atom. The highest BCUT2D eigenvalue weighted by atomic mass is 79.9. The van der Waals surface area contributed by atoms with Gasteiger partial charge in [-0.25, -0.2) is 0 Å². The lowest BCUT2D eigenvalue weighted by molar-refractivity contribution is 0.0704. The number of likely N-dealkylation sites (tertiary alicyclic amines) is 1. The highest BCUT2D eigenvalue weighted by Crippen LogP contribution is 2.36. The molecule has 5 heteroatoms. The van der Waals surface area contributed by atoms with E-state index in [1.807, 2.05) is 23.1 Å². The minimum atomic E-state index is 0.0965. The Morgan fingerprint density at radius 3 is 3.00 bits per heavy atom. The molecule has 1 aliphatic rings. The number of hydrogen-bond donors (Lipinski definition) is 1. The summed E-state index contributed by atoms with van der Waals surface area (Å²) >= 11 is 4.97. The van der Waals surface area contributed by atoms with Crippen molar-refractivity contribution >= 4 is 48.9 Å². The monoisotopic (exact) mass is 366 g/mol. The van der Waals surface area contributed by atoms with Gasteiger partial charge in [-0.3, -0.25) is 4.79 Å². The van der Waals surface area contributed by atoms with Crippen molar-refractivity contribution in [2.45, 2.75) is 38.6 Å². The Balaban J connectivity index is 1.99. The highest BCUT2D eigenvalue weighted by Gasteiger charge is 2.26. The molecule has 0 bridgehead atoms. The van der Waals surface area contributed by atoms with Crippen molar-refractivity contribution in [1.29, 1.82) is 0 Å². The Kier molecular flexibility index (Phi) is 4.22. The number of anilines is 1. The smallest absolute Gasteiger partial charge is 0.266 e. The number of fused-ring (bicyclic) bond motifs is 1. The number of nitrogens with two attached hydrogens (primary N) is 1. The molecule has 1 fully saturated rings. The maximum Gasteiger partial charge on any atom is 0.266 e. The van der Waals surface area contributed by atoms with Crippen molar-refractivity contribution < 1.29 is 4.79 Å². The predicted octanol–water partition coefficient (Wildman–Crippen LogP) is 4.65. The van der Waals surface area contributed by atoms with Gasteiger partial charge in [0, 0.05) is 27.1 Å². The summed E-state index contributed by atoms with van der Waals surface area (Å²) in [6.45, 7) is 2.99. The van der Waals surface area contributed by atoms with Crippen LogP contribution in [0.5, 0.6) is 0 Å². The normalized spacial score (nSPS) is 19.7. The van der Waals surface area contributed by atoms with E-state index in [2.05, 4.69) is 22.9 Å². The quantitative estimate of drug-likeness (QED) is 0.798. The lowest BCUT2D eigenvalue weighted by atomic mass is 10.1. The Labute approximate surface area is 137 Å². The number of halogens is 1. The average molecular weight is 367 g/mol. The van der Waals surface area contributed by atoms with Crippen LogP contribution in [0.25, 0.3) is 10.1 Å². The summed E-state index contributed by atoms with van der Waals surface area (Å²) in [4.78, 5) is 15.6. The van der Waals surface area contributed by atoms with Crippen molar-refractivity contribution in [2.24, 2.45) is 0 Å². The van der Waals surface area contributed by atoms with E-state index in [4.69, 9.17) is 5.73 Å². The first-order chi connectivity index (χ1) is 10.1. The maximum absolute atomic E-state index is 12.9. The summed E-state index contributed by atoms with van der Waals surface area (Å²) < 4.78 is 2.08. The second-order valence-electron chi connectivity index (χ2n) is 5.68. The van der Waals surface area contributed by atoms with Gasteiger partial charge >= 0.3 is 0 Å². The predicted molar refractivity (Wildman–Crippen MR) is 92.9 cm³/mol. The zero-order chi connectivity index (χ0) is 15.0. The number of thiophene rings is 1. The van der Waals surface area contributed by atoms with Crippen LogP contribution in [0.3, 0.4) is 0 Å². The van der Waals surface area contributed by atoms with E-state index in [-0.39, 0.29) is 5.91 Å². The molecular weight excluding hydrogens is 348 g/mol. The summed E-state index contributed by atoms with van der Waals surface area (Å²) in [5.74, 6) is 0.0965. The molecule has 21 heavy (non-hydrogen) atoms. The molecule has 0 saturated carbocycles. The number of rotatable bonds is 1. The van der Waals surface area contributed by atoms with E-state index in [9.17, 15) is 4.79 Å². The van der Waals surface area contributed by atoms with E-state index in [1.54, 1.807) is 0 Å². The van der Waals surface area contributed by atoms with Gasteiger partial charge in [-0.05, 0) is 31.9 Å². The van der Waals surface area contributed by atoms with Gasteiger partial charge in [0.25, 0.3) is 5.91 Å². The molecule has 2 heterocycles. The molecule has 3 nitrogen and oxygen atoms in total. The molecule has 1 aromatic heterocycles. The van der Waals surface area contributed by atoms with E-state index in [0.29, 0.717) is 16.6 Å². The van der Waals surface area contributed by atoms with Crippen LogP contribution < -0.4 is 5.73 Å². The molecule has 1 aliphatic heterocycles. The second kappa shape index (κ2) is 5.97. The number of carbonyl (C=O) groups is 1. The van der Waals surface area contributed by atoms with Gasteiger partial charge in [-0.2, -0.15) is 0 Å². The molecule has 0 radical (unpaired) electrons. The second-order valence-corrected chi connectivity index (χ2v) is 7.65. The molecule has 2 aromatic rings. The number of nitrogen functional groups attached to an aromatic ring is 1. The molecule has 1 unspecified atom stereocenters. The minimum Gasteiger partial charge on any atom is -0.397 e. The summed E-state index contributed by atoms with van der Waals surface area (Å²) in [5, 5.41) is 0.981. The third-order valence-electron chi connectivity index (χ3n) is 4.20. The number of amides is 1. The molecule has 0 spiro atoms. The van der Waals surface area contributed by atoms with Gasteiger partial charge in [-0.1, -0.05) is 34.8 Å². The van der Waals surface area contributed by atoms with E-state index < -0.39 is 0 Å². The number of benzene rings is 1. The van der Waals surface area contributed by atoms with E-state index in [1.165, 1.54) is 24.2 Å². The Morgan fingerprint density at radius 2 is 2.19 bits per heavy atom. The van der Waals surface area contributed by atoms with Gasteiger partial charge in [-0.15, -0.1) is 11.3 Å². The zero-order valence-electron chi connectivity index (χ0n) is 12.1. The number of hydrogen-bond acceptors (Lipinski definition) is 3. The largest absolute Gasteiger partial charge is 0.397 e. The molecule has 1 saturated heterocycles. The Hall–Kier alpha value is -1.07. The SMILES string of the molecule is CC1CCCCCN1C(=O)c1sc2cc(Br)ccc2c1N. The fraction of sp³-hybridized carbons (Fsp3) is 0.438. The lowest BCUT2D eigenvalue weighted by Gasteiger charge is -2.26. The molecule has 1 atom stereocenters. The number of nitrogens with zero attached hydrogens (tertiary/aromatic N) is 1. The fourth-order valence-electron chi connectivity index (χ4n) is 2.96. The summed E-state index contributed by atoms with van der Waals surface area (Å²) in [6.07, 6.45) is 4.59. The first-order valence-electron chi connectivity index (χ1n) is 7.36. The molecule has 1 amide bonds. The third kappa shape index (κ3) is 2.81. The zero-order valence-corrected chi connectivity index (χ0v) is 14.5. The van der Waals surface area contributed by atoms with Crippen molar-refractivity contribution in [3.63, 3.8) is 0 Å². The van der Waals surface area contributed by atoms with Crippen LogP contribution in [0.15, 0.2) is 22.7 Å². The van der Waals surface area contributed by atoms with Crippen LogP contribution in [0.4, 0.5) is 5.69 Å². The molecule has 2 N–H and O–H groups in total. The summed E-state index contributed by atoms with van der Waals surface area (Å²) in [5.41, 5.74) is 6.86. The van der Waals surface area contributed by atoms with Crippen molar-refractivity contribution in [3.05, 3.63) is 27.5 Å². The third-order valence-corrected chi connectivity index (χ3v) is 5.85. The van der Waals surface area contributed by atoms with E-state index >= 15 is 0 Å². The van der Waals surface area contributed by atoms with Gasteiger partial charge < -0.3 is 10.6 Å². The topological polar surface area (TPSA) is 46.3 Å². The standard InChI is InChI=1S/C16H19BrN2OS/c1-10-5-3-2-4-8-19(10)16(20)15-14(18)12-7-6-11(17)9-13(12)21-15/h6-7,9-10H,2-5,8,18H2,1H3. The highest BCUT2D eigenvalue weighted by molar-refractivity contribution is 9.10.